The molecular weight excluding hydrogens is 1690 g/mol. The predicted molar refractivity (Wildman–Crippen MR) is 569 cm³/mol. The first-order valence-electron chi connectivity index (χ1n) is 55.0. The third-order valence-corrected chi connectivity index (χ3v) is 27.8. The van der Waals surface area contributed by atoms with E-state index in [1.807, 2.05) is 72.8 Å². The van der Waals surface area contributed by atoms with Crippen molar-refractivity contribution in [1.29, 1.82) is 0 Å². The summed E-state index contributed by atoms with van der Waals surface area (Å²) < 4.78 is 25.5. The van der Waals surface area contributed by atoms with Crippen LogP contribution < -0.4 is 18.9 Å². The maximum absolute atomic E-state index is 13.7. The maximum atomic E-state index is 13.7. The summed E-state index contributed by atoms with van der Waals surface area (Å²) in [5.41, 5.74) is 8.09. The van der Waals surface area contributed by atoms with Gasteiger partial charge in [0.25, 0.3) is 0 Å². The van der Waals surface area contributed by atoms with Crippen molar-refractivity contribution in [3.05, 3.63) is 142 Å². The molecule has 0 saturated carbocycles. The monoisotopic (exact) mass is 1860 g/mol. The van der Waals surface area contributed by atoms with Crippen LogP contribution in [0, 0.1) is 0 Å². The highest BCUT2D eigenvalue weighted by atomic mass is 16.5. The normalized spacial score (nSPS) is 11.8. The summed E-state index contributed by atoms with van der Waals surface area (Å²) in [6.07, 6.45) is 86.8. The third-order valence-electron chi connectivity index (χ3n) is 27.8. The Balaban J connectivity index is 1.05. The molecule has 0 radical (unpaired) electrons. The number of ether oxygens (including phenoxy) is 4. The number of unbranched alkanes of at least 4 members (excludes halogenated alkanes) is 60. The second-order valence-corrected chi connectivity index (χ2v) is 39.2. The van der Waals surface area contributed by atoms with Crippen molar-refractivity contribution in [3.8, 4) is 67.5 Å². The number of rotatable bonds is 80. The number of hydrogen-bond acceptors (Lipinski definition) is 10. The van der Waals surface area contributed by atoms with Gasteiger partial charge in [-0.3, -0.25) is 0 Å². The molecule has 6 N–H and O–H groups in total. The number of fused-ring (bicyclic) bond motifs is 8. The first-order valence-corrected chi connectivity index (χ1v) is 55.0. The SMILES string of the molecule is CCCCCCCCCCCCCCCCCCOc1ccc(-c2c3nc(c(-c4ccc(OCCCCCCCCCCCCCCCCCC)c(C(=O)O)c4)c4ccc([nH]4)c(-c4ccc(OCCCCCCCCCCCCCCCCCC)c(C(=O)O)c4)c4nc(c(-c5ccc(OCCCCCCCCCCCCCCCCCC)c(C(=O)O)c5)c5ccc2[nH]5)C=C4)C=C3)cc1C(=O)O. The average Bonchev–Trinajstić information content (AvgIpc) is 1.60. The number of benzene rings is 4. The van der Waals surface area contributed by atoms with Crippen molar-refractivity contribution in [1.82, 2.24) is 19.9 Å². The molecule has 0 fully saturated rings. The van der Waals surface area contributed by atoms with Crippen molar-refractivity contribution >= 4 is 70.2 Å². The van der Waals surface area contributed by atoms with Crippen LogP contribution in [-0.4, -0.2) is 90.7 Å². The van der Waals surface area contributed by atoms with E-state index >= 15 is 0 Å². The Morgan fingerprint density at radius 1 is 0.213 bits per heavy atom. The summed E-state index contributed by atoms with van der Waals surface area (Å²) in [7, 11) is 0. The lowest BCUT2D eigenvalue weighted by atomic mass is 10.0. The molecule has 0 aliphatic carbocycles. The molecule has 0 amide bonds. The molecule has 136 heavy (non-hydrogen) atoms. The van der Waals surface area contributed by atoms with Gasteiger partial charge in [0, 0.05) is 44.3 Å². The molecule has 4 aromatic carbocycles. The van der Waals surface area contributed by atoms with Gasteiger partial charge in [0.2, 0.25) is 0 Å². The minimum atomic E-state index is -1.16. The highest BCUT2D eigenvalue weighted by Gasteiger charge is 2.26. The summed E-state index contributed by atoms with van der Waals surface area (Å²) in [6.45, 7) is 10.5. The van der Waals surface area contributed by atoms with E-state index in [4.69, 9.17) is 28.9 Å². The fourth-order valence-corrected chi connectivity index (χ4v) is 19.7. The number of nitrogens with zero attached hydrogens (tertiary/aromatic N) is 2. The van der Waals surface area contributed by atoms with Gasteiger partial charge in [-0.15, -0.1) is 0 Å². The lowest BCUT2D eigenvalue weighted by molar-refractivity contribution is 0.0681. The number of carboxylic acid groups (broad SMARTS) is 4. The van der Waals surface area contributed by atoms with Crippen LogP contribution in [0.25, 0.3) is 90.9 Å². The third kappa shape index (κ3) is 39.8. The Hall–Kier alpha value is -9.44. The minimum Gasteiger partial charge on any atom is -0.493 e. The quantitative estimate of drug-likeness (QED) is 0.0194. The van der Waals surface area contributed by atoms with Gasteiger partial charge in [0.15, 0.2) is 0 Å². The van der Waals surface area contributed by atoms with E-state index in [9.17, 15) is 39.6 Å². The van der Waals surface area contributed by atoms with Crippen LogP contribution in [0.5, 0.6) is 23.0 Å². The Morgan fingerprint density at radius 3 is 0.507 bits per heavy atom. The zero-order valence-corrected chi connectivity index (χ0v) is 84.6. The molecule has 5 heterocycles. The zero-order valence-electron chi connectivity index (χ0n) is 84.6. The van der Waals surface area contributed by atoms with Crippen molar-refractivity contribution in [2.45, 2.75) is 439 Å². The van der Waals surface area contributed by atoms with Crippen LogP contribution in [0.3, 0.4) is 0 Å². The zero-order chi connectivity index (χ0) is 96.0. The second-order valence-electron chi connectivity index (χ2n) is 39.2. The number of aromatic carboxylic acids is 4. The highest BCUT2D eigenvalue weighted by molar-refractivity contribution is 6.04. The standard InChI is InChI=1S/C120H174N4O12/c1-5-9-13-17-21-25-29-33-37-41-45-49-53-57-61-65-85-133-109-81-69-93(89-97(109)117(125)126)113-101-73-75-103(121-101)114(94-70-82-110(98(90-94)118(127)128)134-86-66-62-58-54-50-46-42-38-34-30-26-22-18-14-10-6-2)105-77-79-107(123-105)116(96-72-84-112(100(92-96)120(131)132)136-88-68-64-60-56-52-48-44-40-36-32-28-24-20-16-12-8-4)108-80-78-106(124-108)115(104-76-74-102(113)122-104)95-71-83-111(99(91-95)119(129)130)135-87-67-63-59-55-51-47-43-39-35-31-27-23-19-15-11-7-3/h69-84,89-92,121,124H,5-68,85-88H2,1-4H3,(H,125,126)(H,127,128)(H,129,130)(H,131,132). The van der Waals surface area contributed by atoms with Gasteiger partial charge in [-0.25, -0.2) is 29.1 Å². The van der Waals surface area contributed by atoms with E-state index in [1.165, 1.54) is 308 Å². The molecule has 2 aliphatic rings. The smallest absolute Gasteiger partial charge is 0.339 e. The van der Waals surface area contributed by atoms with Crippen molar-refractivity contribution in [2.75, 3.05) is 26.4 Å². The van der Waals surface area contributed by atoms with Gasteiger partial charge in [-0.1, -0.05) is 437 Å². The summed E-state index contributed by atoms with van der Waals surface area (Å²) in [5, 5.41) is 44.7. The van der Waals surface area contributed by atoms with Crippen LogP contribution >= 0.6 is 0 Å². The van der Waals surface area contributed by atoms with Crippen LogP contribution in [-0.2, 0) is 0 Å². The number of carboxylic acids is 4. The summed E-state index contributed by atoms with van der Waals surface area (Å²) in [6, 6.07) is 28.5. The van der Waals surface area contributed by atoms with E-state index < -0.39 is 23.9 Å². The molecular formula is C120H174N4O12. The Labute approximate surface area is 818 Å². The molecule has 16 heteroatoms. The fourth-order valence-electron chi connectivity index (χ4n) is 19.7. The van der Waals surface area contributed by atoms with Crippen LogP contribution in [0.4, 0.5) is 0 Å². The van der Waals surface area contributed by atoms with Crippen molar-refractivity contribution in [3.63, 3.8) is 0 Å². The van der Waals surface area contributed by atoms with Crippen LogP contribution in [0.1, 0.15) is 503 Å². The van der Waals surface area contributed by atoms with E-state index in [0.717, 1.165) is 103 Å². The van der Waals surface area contributed by atoms with Crippen LogP contribution in [0.15, 0.2) is 97.1 Å². The number of aromatic nitrogens is 4. The molecule has 0 spiro atoms. The minimum absolute atomic E-state index is 0.0222. The molecule has 3 aromatic heterocycles. The fraction of sp³-hybridized carbons (Fsp3) is 0.600. The molecule has 746 valence electrons. The molecule has 8 bridgehead atoms. The van der Waals surface area contributed by atoms with Gasteiger partial charge in [0.05, 0.1) is 49.2 Å². The largest absolute Gasteiger partial charge is 0.493 e. The number of nitrogens with one attached hydrogen (secondary N) is 2. The lowest BCUT2D eigenvalue weighted by Crippen LogP contribution is -2.05. The van der Waals surface area contributed by atoms with E-state index in [-0.39, 0.29) is 45.3 Å². The molecule has 16 nitrogen and oxygen atoms in total. The molecule has 7 aromatic rings. The molecule has 0 unspecified atom stereocenters. The molecule has 9 rings (SSSR count). The van der Waals surface area contributed by atoms with Crippen molar-refractivity contribution in [2.24, 2.45) is 0 Å². The Bertz CT molecular complexity index is 4270. The van der Waals surface area contributed by atoms with Gasteiger partial charge in [-0.05, 0) is 145 Å². The number of aromatic amines is 2. The van der Waals surface area contributed by atoms with Gasteiger partial charge < -0.3 is 49.3 Å². The Kier molecular flexibility index (Phi) is 54.3. The molecule has 0 saturated heterocycles. The number of carbonyl (C=O) groups is 4. The lowest BCUT2D eigenvalue weighted by Gasteiger charge is -2.13. The highest BCUT2D eigenvalue weighted by Crippen LogP contribution is 2.43. The Morgan fingerprint density at radius 2 is 0.360 bits per heavy atom. The predicted octanol–water partition coefficient (Wildman–Crippen LogP) is 36.7. The topological polar surface area (TPSA) is 243 Å². The average molecular weight is 1860 g/mol. The number of H-pyrrole nitrogens is 2. The summed E-state index contributed by atoms with van der Waals surface area (Å²) in [4.78, 5) is 73.2. The van der Waals surface area contributed by atoms with Crippen LogP contribution in [0.2, 0.25) is 0 Å². The summed E-state index contributed by atoms with van der Waals surface area (Å²) in [5.74, 6) is -3.64. The van der Waals surface area contributed by atoms with E-state index in [0.29, 0.717) is 116 Å². The van der Waals surface area contributed by atoms with Gasteiger partial charge in [0.1, 0.15) is 45.3 Å². The maximum Gasteiger partial charge on any atom is 0.339 e. The van der Waals surface area contributed by atoms with Gasteiger partial charge in [-0.2, -0.15) is 0 Å². The second kappa shape index (κ2) is 67.0. The van der Waals surface area contributed by atoms with Gasteiger partial charge >= 0.3 is 23.9 Å². The molecule has 2 aliphatic heterocycles. The van der Waals surface area contributed by atoms with E-state index in [2.05, 4.69) is 37.7 Å². The summed E-state index contributed by atoms with van der Waals surface area (Å²) >= 11 is 0. The number of hydrogen-bond donors (Lipinski definition) is 6. The molecule has 0 atom stereocenters. The first kappa shape index (κ1) is 110. The van der Waals surface area contributed by atoms with Crippen molar-refractivity contribution < 1.29 is 58.6 Å². The first-order chi connectivity index (χ1) is 66.8. The van der Waals surface area contributed by atoms with E-state index in [1.54, 1.807) is 48.5 Å².